The maximum atomic E-state index is 10.7. The zero-order valence-electron chi connectivity index (χ0n) is 7.87. The number of hydrogen-bond acceptors (Lipinski definition) is 2. The Morgan fingerprint density at radius 1 is 1.23 bits per heavy atom. The number of carbonyl (C=O) groups excluding carboxylic acids is 1. The van der Waals surface area contributed by atoms with Crippen LogP contribution in [0, 0.1) is 11.8 Å². The van der Waals surface area contributed by atoms with Gasteiger partial charge in [-0.1, -0.05) is 12.8 Å². The fourth-order valence-corrected chi connectivity index (χ4v) is 2.86. The molecule has 0 aromatic carbocycles. The maximum absolute atomic E-state index is 10.7. The van der Waals surface area contributed by atoms with E-state index in [2.05, 4.69) is 0 Å². The van der Waals surface area contributed by atoms with Crippen LogP contribution in [-0.2, 0) is 4.79 Å². The number of quaternary nitrogens is 1. The van der Waals surface area contributed by atoms with Crippen LogP contribution in [0.25, 0.3) is 0 Å². The number of rotatable bonds is 1. The second-order valence-electron chi connectivity index (χ2n) is 4.44. The van der Waals surface area contributed by atoms with Crippen LogP contribution < -0.4 is 10.4 Å². The van der Waals surface area contributed by atoms with Crippen molar-refractivity contribution in [2.24, 2.45) is 11.8 Å². The monoisotopic (exact) mass is 183 g/mol. The summed E-state index contributed by atoms with van der Waals surface area (Å²) in [6.45, 7) is 1.00. The molecule has 0 radical (unpaired) electrons. The summed E-state index contributed by atoms with van der Waals surface area (Å²) in [6, 6.07) is -0.264. The van der Waals surface area contributed by atoms with Gasteiger partial charge in [0.05, 0.1) is 12.5 Å². The van der Waals surface area contributed by atoms with Crippen molar-refractivity contribution in [3.63, 3.8) is 0 Å². The zero-order valence-corrected chi connectivity index (χ0v) is 7.87. The molecule has 1 aliphatic carbocycles. The van der Waals surface area contributed by atoms with Gasteiger partial charge in [-0.05, 0) is 18.8 Å². The Hall–Kier alpha value is -0.570. The molecule has 0 aromatic heterocycles. The molecule has 2 fully saturated rings. The molecule has 3 nitrogen and oxygen atoms in total. The van der Waals surface area contributed by atoms with E-state index in [1.807, 2.05) is 5.32 Å². The lowest BCUT2D eigenvalue weighted by Crippen LogP contribution is -2.96. The van der Waals surface area contributed by atoms with E-state index in [0.29, 0.717) is 5.92 Å². The minimum Gasteiger partial charge on any atom is -0.544 e. The van der Waals surface area contributed by atoms with Crippen LogP contribution in [0.1, 0.15) is 32.1 Å². The Morgan fingerprint density at radius 2 is 1.92 bits per heavy atom. The number of hydrogen-bond donors (Lipinski definition) is 1. The second-order valence-corrected chi connectivity index (χ2v) is 4.44. The first-order valence-corrected chi connectivity index (χ1v) is 5.31. The minimum absolute atomic E-state index is 0.264. The van der Waals surface area contributed by atoms with E-state index in [1.54, 1.807) is 0 Å². The summed E-state index contributed by atoms with van der Waals surface area (Å²) in [5.74, 6) is 0.579. The van der Waals surface area contributed by atoms with E-state index >= 15 is 0 Å². The predicted octanol–water partition coefficient (Wildman–Crippen LogP) is -1.12. The highest BCUT2D eigenvalue weighted by molar-refractivity contribution is 5.69. The molecular weight excluding hydrogens is 166 g/mol. The lowest BCUT2D eigenvalue weighted by molar-refractivity contribution is -0.700. The highest BCUT2D eigenvalue weighted by atomic mass is 16.4. The average Bonchev–Trinajstić information content (AvgIpc) is 2.17. The first-order valence-electron chi connectivity index (χ1n) is 5.31. The summed E-state index contributed by atoms with van der Waals surface area (Å²) < 4.78 is 0. The molecule has 3 heteroatoms. The van der Waals surface area contributed by atoms with Crippen LogP contribution in [0.4, 0.5) is 0 Å². The Balaban J connectivity index is 1.95. The van der Waals surface area contributed by atoms with E-state index in [1.165, 1.54) is 25.7 Å². The molecule has 3 atom stereocenters. The summed E-state index contributed by atoms with van der Waals surface area (Å²) in [7, 11) is 0. The van der Waals surface area contributed by atoms with Gasteiger partial charge in [0, 0.05) is 12.3 Å². The van der Waals surface area contributed by atoms with E-state index in [4.69, 9.17) is 0 Å². The molecule has 2 rings (SSSR count). The molecule has 0 spiro atoms. The highest BCUT2D eigenvalue weighted by Crippen LogP contribution is 2.33. The Labute approximate surface area is 78.5 Å². The van der Waals surface area contributed by atoms with E-state index < -0.39 is 5.97 Å². The first-order chi connectivity index (χ1) is 6.27. The van der Waals surface area contributed by atoms with Gasteiger partial charge in [0.15, 0.2) is 0 Å². The lowest BCUT2D eigenvalue weighted by atomic mass is 9.74. The number of carbonyl (C=O) groups is 1. The number of piperidine rings is 1. The third kappa shape index (κ3) is 1.85. The number of fused-ring (bicyclic) bond motifs is 1. The van der Waals surface area contributed by atoms with Gasteiger partial charge >= 0.3 is 0 Å². The Morgan fingerprint density at radius 3 is 2.62 bits per heavy atom. The van der Waals surface area contributed by atoms with Crippen molar-refractivity contribution >= 4 is 5.97 Å². The fourth-order valence-electron chi connectivity index (χ4n) is 2.86. The van der Waals surface area contributed by atoms with Crippen molar-refractivity contribution in [3.05, 3.63) is 0 Å². The SMILES string of the molecule is O=C([O-])[C@@H]1C[C@@H]2CCCC[C@@H]2C[NH2+]1. The van der Waals surface area contributed by atoms with Gasteiger partial charge in [0.1, 0.15) is 6.04 Å². The van der Waals surface area contributed by atoms with Gasteiger partial charge in [0.25, 0.3) is 0 Å². The third-order valence-electron chi connectivity index (χ3n) is 3.65. The molecule has 0 aromatic rings. The van der Waals surface area contributed by atoms with Crippen LogP contribution in [-0.4, -0.2) is 18.6 Å². The van der Waals surface area contributed by atoms with Gasteiger partial charge in [-0.2, -0.15) is 0 Å². The molecule has 1 aliphatic heterocycles. The molecule has 2 N–H and O–H groups in total. The quantitative estimate of drug-likeness (QED) is 0.560. The molecule has 1 saturated heterocycles. The van der Waals surface area contributed by atoms with E-state index in [-0.39, 0.29) is 6.04 Å². The Bertz CT molecular complexity index is 205. The summed E-state index contributed by atoms with van der Waals surface area (Å²) in [5.41, 5.74) is 0. The standard InChI is InChI=1S/C10H17NO2/c12-10(13)9-5-7-3-1-2-4-8(7)6-11-9/h7-9,11H,1-6H2,(H,12,13)/t7-,8+,9-/m0/s1. The van der Waals surface area contributed by atoms with Gasteiger partial charge < -0.3 is 15.2 Å². The molecule has 74 valence electrons. The van der Waals surface area contributed by atoms with Crippen molar-refractivity contribution in [3.8, 4) is 0 Å². The molecule has 13 heavy (non-hydrogen) atoms. The largest absolute Gasteiger partial charge is 0.544 e. The molecule has 1 saturated carbocycles. The Kier molecular flexibility index (Phi) is 2.54. The predicted molar refractivity (Wildman–Crippen MR) is 45.7 cm³/mol. The maximum Gasteiger partial charge on any atom is 0.126 e. The third-order valence-corrected chi connectivity index (χ3v) is 3.65. The van der Waals surface area contributed by atoms with Crippen molar-refractivity contribution in [1.29, 1.82) is 0 Å². The minimum atomic E-state index is -0.871. The van der Waals surface area contributed by atoms with Crippen LogP contribution in [0.15, 0.2) is 0 Å². The number of nitrogens with two attached hydrogens (primary N) is 1. The summed E-state index contributed by atoms with van der Waals surface area (Å²) >= 11 is 0. The first kappa shape index (κ1) is 9.00. The van der Waals surface area contributed by atoms with Crippen LogP contribution in [0.3, 0.4) is 0 Å². The second kappa shape index (κ2) is 3.66. The average molecular weight is 183 g/mol. The lowest BCUT2D eigenvalue weighted by Gasteiger charge is -2.37. The molecular formula is C10H17NO2. The molecule has 1 heterocycles. The van der Waals surface area contributed by atoms with Gasteiger partial charge in [0.2, 0.25) is 0 Å². The van der Waals surface area contributed by atoms with Gasteiger partial charge in [-0.3, -0.25) is 0 Å². The summed E-state index contributed by atoms with van der Waals surface area (Å²) in [4.78, 5) is 10.7. The summed E-state index contributed by atoms with van der Waals surface area (Å²) in [5, 5.41) is 12.6. The van der Waals surface area contributed by atoms with E-state index in [0.717, 1.165) is 18.9 Å². The number of carboxylic acid groups (broad SMARTS) is 1. The number of carboxylic acids is 1. The van der Waals surface area contributed by atoms with Crippen molar-refractivity contribution in [2.75, 3.05) is 6.54 Å². The zero-order chi connectivity index (χ0) is 9.26. The van der Waals surface area contributed by atoms with Crippen LogP contribution in [0.2, 0.25) is 0 Å². The van der Waals surface area contributed by atoms with Crippen molar-refractivity contribution in [1.82, 2.24) is 0 Å². The summed E-state index contributed by atoms with van der Waals surface area (Å²) in [6.07, 6.45) is 6.02. The van der Waals surface area contributed by atoms with Gasteiger partial charge in [-0.25, -0.2) is 0 Å². The molecule has 0 bridgehead atoms. The normalized spacial score (nSPS) is 39.5. The molecule has 2 aliphatic rings. The number of aliphatic carboxylic acids is 1. The topological polar surface area (TPSA) is 56.7 Å². The molecule has 0 unspecified atom stereocenters. The smallest absolute Gasteiger partial charge is 0.126 e. The van der Waals surface area contributed by atoms with Gasteiger partial charge in [-0.15, -0.1) is 0 Å². The van der Waals surface area contributed by atoms with E-state index in [9.17, 15) is 9.90 Å². The molecule has 0 amide bonds. The fraction of sp³-hybridized carbons (Fsp3) is 0.900. The highest BCUT2D eigenvalue weighted by Gasteiger charge is 2.34. The van der Waals surface area contributed by atoms with Crippen LogP contribution in [0.5, 0.6) is 0 Å². The van der Waals surface area contributed by atoms with Crippen LogP contribution >= 0.6 is 0 Å². The van der Waals surface area contributed by atoms with Crippen molar-refractivity contribution < 1.29 is 15.2 Å². The van der Waals surface area contributed by atoms with Crippen molar-refractivity contribution in [2.45, 2.75) is 38.1 Å².